The van der Waals surface area contributed by atoms with Crippen LogP contribution in [0.5, 0.6) is 0 Å². The van der Waals surface area contributed by atoms with Crippen molar-refractivity contribution in [3.05, 3.63) is 24.5 Å². The molecule has 2 aromatic rings. The zero-order chi connectivity index (χ0) is 18.0. The Morgan fingerprint density at radius 2 is 2.20 bits per heavy atom. The molecular weight excluding hydrogens is 362 g/mol. The molecule has 3 rings (SSSR count). The van der Waals surface area contributed by atoms with Crippen LogP contribution < -0.4 is 5.32 Å². The van der Waals surface area contributed by atoms with E-state index in [0.717, 1.165) is 17.7 Å². The fourth-order valence-electron chi connectivity index (χ4n) is 3.18. The first-order valence-electron chi connectivity index (χ1n) is 8.19. The summed E-state index contributed by atoms with van der Waals surface area (Å²) < 4.78 is 32.5. The predicted molar refractivity (Wildman–Crippen MR) is 94.6 cm³/mol. The Kier molecular flexibility index (Phi) is 5.26. The third kappa shape index (κ3) is 3.78. The van der Waals surface area contributed by atoms with E-state index in [1.807, 2.05) is 0 Å². The van der Waals surface area contributed by atoms with Gasteiger partial charge in [0.25, 0.3) is 10.0 Å². The first-order valence-corrected chi connectivity index (χ1v) is 10.4. The molecule has 1 aliphatic rings. The first-order chi connectivity index (χ1) is 11.9. The van der Waals surface area contributed by atoms with Gasteiger partial charge in [0.1, 0.15) is 16.2 Å². The average molecular weight is 383 g/mol. The maximum atomic E-state index is 13.0. The van der Waals surface area contributed by atoms with Crippen molar-refractivity contribution in [1.82, 2.24) is 14.8 Å². The van der Waals surface area contributed by atoms with Gasteiger partial charge in [0.2, 0.25) is 5.91 Å². The van der Waals surface area contributed by atoms with E-state index in [4.69, 9.17) is 4.52 Å². The van der Waals surface area contributed by atoms with E-state index in [2.05, 4.69) is 17.4 Å². The number of aromatic nitrogens is 1. The molecule has 0 bridgehead atoms. The second-order valence-corrected chi connectivity index (χ2v) is 9.43. The minimum atomic E-state index is -3.59. The topological polar surface area (TPSA) is 92.5 Å². The summed E-state index contributed by atoms with van der Waals surface area (Å²) in [6.07, 6.45) is 3.28. The molecule has 1 N–H and O–H groups in total. The van der Waals surface area contributed by atoms with E-state index in [1.165, 1.54) is 28.8 Å². The summed E-state index contributed by atoms with van der Waals surface area (Å²) in [6, 6.07) is 4.90. The van der Waals surface area contributed by atoms with Gasteiger partial charge < -0.3 is 9.84 Å². The molecule has 1 amide bonds. The van der Waals surface area contributed by atoms with Crippen LogP contribution in [0.4, 0.5) is 0 Å². The third-order valence-corrected chi connectivity index (χ3v) is 7.73. The Labute approximate surface area is 151 Å². The van der Waals surface area contributed by atoms with Crippen molar-refractivity contribution in [1.29, 1.82) is 0 Å². The van der Waals surface area contributed by atoms with Gasteiger partial charge >= 0.3 is 0 Å². The van der Waals surface area contributed by atoms with Gasteiger partial charge in [0.05, 0.1) is 4.88 Å². The van der Waals surface area contributed by atoms with Crippen LogP contribution in [0, 0.1) is 5.92 Å². The standard InChI is InChI=1S/C16H21N3O4S2/c1-3-4-12-9-19(10-14(12)17-11(2)20)25(21,22)16-6-5-15(24-16)13-7-8-23-18-13/h5-8,12,14H,3-4,9-10H2,1-2H3,(H,17,20)/t12-,14-/m1/s1. The number of nitrogens with one attached hydrogen (secondary N) is 1. The van der Waals surface area contributed by atoms with Crippen molar-refractivity contribution in [2.24, 2.45) is 5.92 Å². The van der Waals surface area contributed by atoms with Gasteiger partial charge in [-0.1, -0.05) is 18.5 Å². The lowest BCUT2D eigenvalue weighted by molar-refractivity contribution is -0.119. The summed E-state index contributed by atoms with van der Waals surface area (Å²) in [6.45, 7) is 4.26. The Morgan fingerprint density at radius 3 is 2.84 bits per heavy atom. The SMILES string of the molecule is CCC[C@@H]1CN(S(=O)(=O)c2ccc(-c3ccon3)s2)C[C@H]1NC(C)=O. The van der Waals surface area contributed by atoms with Gasteiger partial charge in [-0.2, -0.15) is 4.31 Å². The highest BCUT2D eigenvalue weighted by atomic mass is 32.2. The fourth-order valence-corrected chi connectivity index (χ4v) is 6.12. The van der Waals surface area contributed by atoms with Crippen molar-refractivity contribution < 1.29 is 17.7 Å². The molecule has 0 saturated carbocycles. The van der Waals surface area contributed by atoms with Crippen LogP contribution >= 0.6 is 11.3 Å². The van der Waals surface area contributed by atoms with E-state index >= 15 is 0 Å². The molecule has 1 saturated heterocycles. The number of thiophene rings is 1. The lowest BCUT2D eigenvalue weighted by atomic mass is 9.98. The number of carbonyl (C=O) groups is 1. The van der Waals surface area contributed by atoms with Gasteiger partial charge in [-0.3, -0.25) is 4.79 Å². The number of nitrogens with zero attached hydrogens (tertiary/aromatic N) is 2. The molecule has 0 spiro atoms. The molecule has 136 valence electrons. The van der Waals surface area contributed by atoms with Crippen LogP contribution in [0.3, 0.4) is 0 Å². The lowest BCUT2D eigenvalue weighted by Crippen LogP contribution is -2.39. The minimum Gasteiger partial charge on any atom is -0.364 e. The Balaban J connectivity index is 1.81. The van der Waals surface area contributed by atoms with E-state index in [0.29, 0.717) is 18.8 Å². The average Bonchev–Trinajstić information content (AvgIpc) is 3.27. The zero-order valence-electron chi connectivity index (χ0n) is 14.1. The van der Waals surface area contributed by atoms with Gasteiger partial charge in [0.15, 0.2) is 0 Å². The number of hydrogen-bond donors (Lipinski definition) is 1. The Bertz CT molecular complexity index is 829. The van der Waals surface area contributed by atoms with Crippen LogP contribution in [0.1, 0.15) is 26.7 Å². The van der Waals surface area contributed by atoms with Gasteiger partial charge in [-0.15, -0.1) is 11.3 Å². The predicted octanol–water partition coefficient (Wildman–Crippen LogP) is 2.33. The highest BCUT2D eigenvalue weighted by Crippen LogP contribution is 2.34. The summed E-state index contributed by atoms with van der Waals surface area (Å²) >= 11 is 1.17. The molecule has 0 aromatic carbocycles. The van der Waals surface area contributed by atoms with Crippen molar-refractivity contribution in [3.63, 3.8) is 0 Å². The number of sulfonamides is 1. The maximum absolute atomic E-state index is 13.0. The number of rotatable bonds is 6. The van der Waals surface area contributed by atoms with Crippen molar-refractivity contribution >= 4 is 27.3 Å². The van der Waals surface area contributed by atoms with E-state index in [1.54, 1.807) is 18.2 Å². The Hall–Kier alpha value is -1.71. The van der Waals surface area contributed by atoms with E-state index < -0.39 is 10.0 Å². The molecule has 2 aromatic heterocycles. The number of carbonyl (C=O) groups excluding carboxylic acids is 1. The van der Waals surface area contributed by atoms with Crippen molar-refractivity contribution in [2.75, 3.05) is 13.1 Å². The van der Waals surface area contributed by atoms with Crippen LogP contribution in [-0.4, -0.2) is 42.9 Å². The van der Waals surface area contributed by atoms with Gasteiger partial charge in [-0.05, 0) is 24.5 Å². The third-order valence-electron chi connectivity index (χ3n) is 4.32. The summed E-state index contributed by atoms with van der Waals surface area (Å²) in [4.78, 5) is 12.2. The van der Waals surface area contributed by atoms with E-state index in [-0.39, 0.29) is 22.1 Å². The quantitative estimate of drug-likeness (QED) is 0.826. The van der Waals surface area contributed by atoms with Crippen molar-refractivity contribution in [3.8, 4) is 10.6 Å². The number of hydrogen-bond acceptors (Lipinski definition) is 6. The van der Waals surface area contributed by atoms with Gasteiger partial charge in [-0.25, -0.2) is 8.42 Å². The second kappa shape index (κ2) is 7.27. The molecule has 0 radical (unpaired) electrons. The highest BCUT2D eigenvalue weighted by molar-refractivity contribution is 7.91. The monoisotopic (exact) mass is 383 g/mol. The molecule has 25 heavy (non-hydrogen) atoms. The summed E-state index contributed by atoms with van der Waals surface area (Å²) in [5.74, 6) is 0.00782. The van der Waals surface area contributed by atoms with Crippen LogP contribution in [0.25, 0.3) is 10.6 Å². The second-order valence-electron chi connectivity index (χ2n) is 6.18. The molecule has 2 atom stereocenters. The van der Waals surface area contributed by atoms with Gasteiger partial charge in [0, 0.05) is 32.1 Å². The summed E-state index contributed by atoms with van der Waals surface area (Å²) in [5.41, 5.74) is 0.618. The normalized spacial score (nSPS) is 21.5. The Morgan fingerprint density at radius 1 is 1.40 bits per heavy atom. The van der Waals surface area contributed by atoms with Crippen LogP contribution in [0.15, 0.2) is 33.2 Å². The zero-order valence-corrected chi connectivity index (χ0v) is 15.8. The summed E-state index contributed by atoms with van der Waals surface area (Å²) in [5, 5.41) is 6.73. The smallest absolute Gasteiger partial charge is 0.252 e. The highest BCUT2D eigenvalue weighted by Gasteiger charge is 2.39. The maximum Gasteiger partial charge on any atom is 0.252 e. The summed E-state index contributed by atoms with van der Waals surface area (Å²) in [7, 11) is -3.59. The van der Waals surface area contributed by atoms with Crippen LogP contribution in [0.2, 0.25) is 0 Å². The molecular formula is C16H21N3O4S2. The fraction of sp³-hybridized carbons (Fsp3) is 0.500. The van der Waals surface area contributed by atoms with Crippen molar-refractivity contribution in [2.45, 2.75) is 36.9 Å². The number of amides is 1. The molecule has 1 aliphatic heterocycles. The molecule has 1 fully saturated rings. The minimum absolute atomic E-state index is 0.130. The molecule has 7 nitrogen and oxygen atoms in total. The largest absolute Gasteiger partial charge is 0.364 e. The van der Waals surface area contributed by atoms with E-state index in [9.17, 15) is 13.2 Å². The molecule has 3 heterocycles. The molecule has 9 heteroatoms. The first kappa shape index (κ1) is 18.1. The molecule has 0 unspecified atom stereocenters. The molecule has 0 aliphatic carbocycles. The van der Waals surface area contributed by atoms with Crippen LogP contribution in [-0.2, 0) is 14.8 Å². The lowest BCUT2D eigenvalue weighted by Gasteiger charge is -2.17.